The number of carboxylic acids is 1. The molecule has 0 aliphatic carbocycles. The van der Waals surface area contributed by atoms with Gasteiger partial charge in [-0.15, -0.1) is 0 Å². The van der Waals surface area contributed by atoms with Crippen molar-refractivity contribution >= 4 is 33.9 Å². The third kappa shape index (κ3) is 6.51. The van der Waals surface area contributed by atoms with Gasteiger partial charge in [-0.1, -0.05) is 66.2 Å². The van der Waals surface area contributed by atoms with E-state index in [2.05, 4.69) is 0 Å². The van der Waals surface area contributed by atoms with Gasteiger partial charge in [0.2, 0.25) is 10.0 Å². The lowest BCUT2D eigenvalue weighted by Crippen LogP contribution is -2.32. The Bertz CT molecular complexity index is 1180. The number of rotatable bonds is 11. The average Bonchev–Trinajstić information content (AvgIpc) is 2.81. The maximum absolute atomic E-state index is 13.3. The van der Waals surface area contributed by atoms with E-state index in [1.165, 1.54) is 16.4 Å². The summed E-state index contributed by atoms with van der Waals surface area (Å²) in [6.45, 7) is 0.445. The topological polar surface area (TPSA) is 91.8 Å². The Morgan fingerprint density at radius 1 is 0.939 bits per heavy atom. The molecular formula is C25H24ClNO5S. The number of aliphatic carboxylic acids is 1. The van der Waals surface area contributed by atoms with E-state index in [0.29, 0.717) is 23.3 Å². The molecule has 6 nitrogen and oxygen atoms in total. The summed E-state index contributed by atoms with van der Waals surface area (Å²) >= 11 is 5.92. The van der Waals surface area contributed by atoms with Crippen LogP contribution in [0.5, 0.6) is 0 Å². The predicted molar refractivity (Wildman–Crippen MR) is 127 cm³/mol. The molecule has 1 atom stereocenters. The highest BCUT2D eigenvalue weighted by Crippen LogP contribution is 2.23. The van der Waals surface area contributed by atoms with Crippen molar-refractivity contribution in [1.29, 1.82) is 0 Å². The summed E-state index contributed by atoms with van der Waals surface area (Å²) in [5.41, 5.74) is 2.26. The molecule has 0 aromatic heterocycles. The van der Waals surface area contributed by atoms with E-state index in [-0.39, 0.29) is 24.4 Å². The van der Waals surface area contributed by atoms with Crippen LogP contribution in [0.25, 0.3) is 0 Å². The van der Waals surface area contributed by atoms with Gasteiger partial charge in [-0.3, -0.25) is 4.79 Å². The molecule has 0 aliphatic rings. The van der Waals surface area contributed by atoms with E-state index in [9.17, 15) is 23.1 Å². The zero-order valence-electron chi connectivity index (χ0n) is 17.8. The van der Waals surface area contributed by atoms with Crippen LogP contribution in [0.15, 0.2) is 83.8 Å². The molecule has 0 fully saturated rings. The van der Waals surface area contributed by atoms with Gasteiger partial charge >= 0.3 is 5.97 Å². The Hall–Kier alpha value is -3.00. The molecule has 3 aromatic carbocycles. The van der Waals surface area contributed by atoms with Gasteiger partial charge in [0, 0.05) is 24.5 Å². The van der Waals surface area contributed by atoms with Crippen molar-refractivity contribution in [3.63, 3.8) is 0 Å². The molecule has 1 unspecified atom stereocenters. The molecule has 0 saturated carbocycles. The van der Waals surface area contributed by atoms with Crippen LogP contribution < -0.4 is 0 Å². The minimum Gasteiger partial charge on any atom is -0.481 e. The van der Waals surface area contributed by atoms with Crippen molar-refractivity contribution in [2.75, 3.05) is 6.54 Å². The number of sulfonamides is 1. The van der Waals surface area contributed by atoms with Crippen LogP contribution in [-0.4, -0.2) is 36.6 Å². The number of benzene rings is 3. The Morgan fingerprint density at radius 3 is 2.15 bits per heavy atom. The van der Waals surface area contributed by atoms with E-state index in [0.717, 1.165) is 11.1 Å². The Labute approximate surface area is 198 Å². The van der Waals surface area contributed by atoms with Crippen molar-refractivity contribution in [1.82, 2.24) is 4.31 Å². The highest BCUT2D eigenvalue weighted by atomic mass is 35.5. The molecule has 0 bridgehead atoms. The van der Waals surface area contributed by atoms with Crippen molar-refractivity contribution in [2.24, 2.45) is 0 Å². The molecule has 3 rings (SSSR count). The highest BCUT2D eigenvalue weighted by Gasteiger charge is 2.25. The molecule has 172 valence electrons. The molecule has 0 heterocycles. The molecule has 0 aliphatic heterocycles. The summed E-state index contributed by atoms with van der Waals surface area (Å²) in [7, 11) is -3.77. The zero-order chi connectivity index (χ0) is 23.8. The Balaban J connectivity index is 1.81. The molecule has 3 aromatic rings. The third-order valence-corrected chi connectivity index (χ3v) is 7.43. The maximum atomic E-state index is 13.3. The van der Waals surface area contributed by atoms with Crippen molar-refractivity contribution < 1.29 is 23.1 Å². The first kappa shape index (κ1) is 24.6. The van der Waals surface area contributed by atoms with Crippen LogP contribution in [0, 0.1) is 0 Å². The van der Waals surface area contributed by atoms with Crippen LogP contribution in [0.1, 0.15) is 29.0 Å². The van der Waals surface area contributed by atoms with Crippen LogP contribution in [0.2, 0.25) is 5.02 Å². The summed E-state index contributed by atoms with van der Waals surface area (Å²) in [6.07, 6.45) is 0.931. The summed E-state index contributed by atoms with van der Waals surface area (Å²) < 4.78 is 28.1. The van der Waals surface area contributed by atoms with Gasteiger partial charge in [-0.05, 0) is 47.4 Å². The molecule has 0 saturated heterocycles. The number of aldehydes is 1. The van der Waals surface area contributed by atoms with Gasteiger partial charge in [-0.25, -0.2) is 8.42 Å². The minimum absolute atomic E-state index is 0.0983. The summed E-state index contributed by atoms with van der Waals surface area (Å²) in [5.74, 6) is -1.95. The molecule has 1 N–H and O–H groups in total. The summed E-state index contributed by atoms with van der Waals surface area (Å²) in [4.78, 5) is 22.3. The van der Waals surface area contributed by atoms with Gasteiger partial charge in [0.25, 0.3) is 0 Å². The second kappa shape index (κ2) is 11.2. The van der Waals surface area contributed by atoms with Gasteiger partial charge in [0.15, 0.2) is 0 Å². The minimum atomic E-state index is -3.77. The first-order valence-corrected chi connectivity index (χ1v) is 12.2. The Kier molecular flexibility index (Phi) is 8.38. The third-order valence-electron chi connectivity index (χ3n) is 5.32. The van der Waals surface area contributed by atoms with Crippen molar-refractivity contribution in [2.45, 2.75) is 30.2 Å². The van der Waals surface area contributed by atoms with Crippen molar-refractivity contribution in [3.05, 3.63) is 101 Å². The van der Waals surface area contributed by atoms with Crippen LogP contribution in [0.3, 0.4) is 0 Å². The first-order chi connectivity index (χ1) is 15.8. The molecule has 8 heteroatoms. The molecule has 0 amide bonds. The van der Waals surface area contributed by atoms with Gasteiger partial charge in [0.1, 0.15) is 6.29 Å². The largest absolute Gasteiger partial charge is 0.481 e. The average molecular weight is 486 g/mol. The lowest BCUT2D eigenvalue weighted by Gasteiger charge is -2.23. The fraction of sp³-hybridized carbons (Fsp3) is 0.200. The fourth-order valence-corrected chi connectivity index (χ4v) is 5.03. The van der Waals surface area contributed by atoms with E-state index in [1.54, 1.807) is 36.4 Å². The first-order valence-electron chi connectivity index (χ1n) is 10.4. The molecule has 0 spiro atoms. The number of hydrogen-bond donors (Lipinski definition) is 1. The lowest BCUT2D eigenvalue weighted by atomic mass is 9.95. The van der Waals surface area contributed by atoms with Crippen LogP contribution in [-0.2, 0) is 32.6 Å². The second-order valence-corrected chi connectivity index (χ2v) is 9.94. The SMILES string of the molecule is O=CCC(C(=O)O)c1ccc(CCN(Cc2ccccc2)S(=O)(=O)c2ccc(Cl)cc2)cc1. The number of halogens is 1. The van der Waals surface area contributed by atoms with E-state index in [1.807, 2.05) is 30.3 Å². The lowest BCUT2D eigenvalue weighted by molar-refractivity contribution is -0.139. The normalized spacial score (nSPS) is 12.4. The smallest absolute Gasteiger partial charge is 0.311 e. The zero-order valence-corrected chi connectivity index (χ0v) is 19.4. The quantitative estimate of drug-likeness (QED) is 0.403. The van der Waals surface area contributed by atoms with Gasteiger partial charge in [0.05, 0.1) is 10.8 Å². The molecule has 0 radical (unpaired) electrons. The van der Waals surface area contributed by atoms with Gasteiger partial charge in [-0.2, -0.15) is 4.31 Å². The van der Waals surface area contributed by atoms with Crippen LogP contribution in [0.4, 0.5) is 0 Å². The summed E-state index contributed by atoms with van der Waals surface area (Å²) in [5, 5.41) is 9.77. The number of hydrogen-bond acceptors (Lipinski definition) is 4. The molecule has 33 heavy (non-hydrogen) atoms. The highest BCUT2D eigenvalue weighted by molar-refractivity contribution is 7.89. The fourth-order valence-electron chi connectivity index (χ4n) is 3.47. The number of nitrogens with zero attached hydrogens (tertiary/aromatic N) is 1. The van der Waals surface area contributed by atoms with E-state index < -0.39 is 21.9 Å². The number of carbonyl (C=O) groups is 2. The van der Waals surface area contributed by atoms with E-state index in [4.69, 9.17) is 11.6 Å². The second-order valence-electron chi connectivity index (χ2n) is 7.56. The predicted octanol–water partition coefficient (Wildman–Crippen LogP) is 4.53. The van der Waals surface area contributed by atoms with Gasteiger partial charge < -0.3 is 9.90 Å². The monoisotopic (exact) mass is 485 g/mol. The Morgan fingerprint density at radius 2 is 1.58 bits per heavy atom. The standard InChI is InChI=1S/C25H24ClNO5S/c26-22-10-12-23(13-11-22)33(31,32)27(18-20-4-2-1-3-5-20)16-14-19-6-8-21(9-7-19)24(15-17-28)25(29)30/h1-13,17,24H,14-16,18H2,(H,29,30). The van der Waals surface area contributed by atoms with Crippen LogP contribution >= 0.6 is 11.6 Å². The number of carbonyl (C=O) groups excluding carboxylic acids is 1. The van der Waals surface area contributed by atoms with Crippen molar-refractivity contribution in [3.8, 4) is 0 Å². The van der Waals surface area contributed by atoms with E-state index >= 15 is 0 Å². The summed E-state index contributed by atoms with van der Waals surface area (Å²) in [6, 6.07) is 22.3. The molecular weight excluding hydrogens is 462 g/mol. The number of carboxylic acid groups (broad SMARTS) is 1. The maximum Gasteiger partial charge on any atom is 0.311 e.